The van der Waals surface area contributed by atoms with Crippen LogP contribution in [-0.4, -0.2) is 5.55 Å². The molecule has 0 atom stereocenters. The fourth-order valence-corrected chi connectivity index (χ4v) is 3.28. The Morgan fingerprint density at radius 2 is 2.08 bits per heavy atom. The molecular weight excluding hydrogens is 206 g/mol. The molecule has 62 valence electrons. The molecule has 0 unspecified atom stereocenters. The molecule has 0 aromatic heterocycles. The van der Waals surface area contributed by atoms with Crippen LogP contribution in [0.3, 0.4) is 0 Å². The van der Waals surface area contributed by atoms with Gasteiger partial charge in [0.2, 0.25) is 0 Å². The first-order chi connectivity index (χ1) is 5.59. The van der Waals surface area contributed by atoms with E-state index in [9.17, 15) is 0 Å². The standard InChI is InChI=1S/C8H7NS3/c1-6-2-3-8-7(4-6)9-5-12(8,10)11/h2-5H,1H3. The maximum Gasteiger partial charge on any atom is 0.0784 e. The molecule has 1 aromatic carbocycles. The summed E-state index contributed by atoms with van der Waals surface area (Å²) >= 11 is 10.5. The highest BCUT2D eigenvalue weighted by molar-refractivity contribution is 8.62. The second-order valence-corrected chi connectivity index (χ2v) is 8.28. The number of aliphatic imine (C=N–C) groups is 1. The Bertz CT molecular complexity index is 457. The molecule has 1 aliphatic heterocycles. The molecule has 0 aliphatic carbocycles. The van der Waals surface area contributed by atoms with Gasteiger partial charge in [-0.3, -0.25) is 0 Å². The van der Waals surface area contributed by atoms with Crippen LogP contribution in [0.5, 0.6) is 0 Å². The molecule has 12 heavy (non-hydrogen) atoms. The van der Waals surface area contributed by atoms with Crippen molar-refractivity contribution in [2.75, 3.05) is 0 Å². The van der Waals surface area contributed by atoms with Crippen LogP contribution in [-0.2, 0) is 29.5 Å². The molecule has 0 saturated carbocycles. The predicted molar refractivity (Wildman–Crippen MR) is 59.7 cm³/mol. The third-order valence-electron chi connectivity index (χ3n) is 1.75. The van der Waals surface area contributed by atoms with Gasteiger partial charge in [0, 0.05) is 4.90 Å². The SMILES string of the molecule is Cc1ccc2c(c1)N=CS2(=S)=S. The first kappa shape index (κ1) is 8.29. The van der Waals surface area contributed by atoms with Gasteiger partial charge in [-0.1, -0.05) is 6.07 Å². The minimum atomic E-state index is -1.55. The number of aryl methyl sites for hydroxylation is 1. The predicted octanol–water partition coefficient (Wildman–Crippen LogP) is 2.11. The molecule has 1 aromatic rings. The third kappa shape index (κ3) is 1.20. The molecule has 0 N–H and O–H groups in total. The fourth-order valence-electron chi connectivity index (χ4n) is 1.15. The van der Waals surface area contributed by atoms with Gasteiger partial charge in [-0.05, 0) is 54.1 Å². The highest BCUT2D eigenvalue weighted by atomic mass is 33.1. The van der Waals surface area contributed by atoms with E-state index in [1.807, 2.05) is 25.1 Å². The minimum absolute atomic E-state index is 0.968. The number of fused-ring (bicyclic) bond motifs is 1. The topological polar surface area (TPSA) is 12.4 Å². The van der Waals surface area contributed by atoms with Crippen molar-refractivity contribution in [3.05, 3.63) is 23.8 Å². The molecule has 1 aliphatic rings. The Balaban J connectivity index is 2.78. The summed E-state index contributed by atoms with van der Waals surface area (Å²) in [5, 5.41) is 0. The van der Waals surface area contributed by atoms with E-state index in [1.165, 1.54) is 5.56 Å². The van der Waals surface area contributed by atoms with Crippen molar-refractivity contribution < 1.29 is 0 Å². The molecule has 0 bridgehead atoms. The third-order valence-corrected chi connectivity index (χ3v) is 4.69. The number of nitrogens with zero attached hydrogens (tertiary/aromatic N) is 1. The summed E-state index contributed by atoms with van der Waals surface area (Å²) in [6.45, 7) is 2.04. The second kappa shape index (κ2) is 2.58. The van der Waals surface area contributed by atoms with E-state index in [2.05, 4.69) is 4.99 Å². The van der Waals surface area contributed by atoms with Gasteiger partial charge >= 0.3 is 0 Å². The van der Waals surface area contributed by atoms with Crippen molar-refractivity contribution in [3.63, 3.8) is 0 Å². The number of benzene rings is 1. The normalized spacial score (nSPS) is 17.8. The molecular formula is C8H7NS3. The Morgan fingerprint density at radius 1 is 1.33 bits per heavy atom. The lowest BCUT2D eigenvalue weighted by Gasteiger charge is -2.00. The maximum atomic E-state index is 5.26. The summed E-state index contributed by atoms with van der Waals surface area (Å²) in [6, 6.07) is 6.07. The summed E-state index contributed by atoms with van der Waals surface area (Å²) in [4.78, 5) is 5.27. The van der Waals surface area contributed by atoms with E-state index in [4.69, 9.17) is 22.4 Å². The first-order valence-corrected chi connectivity index (χ1v) is 7.04. The first-order valence-electron chi connectivity index (χ1n) is 3.49. The Kier molecular flexibility index (Phi) is 1.78. The number of rotatable bonds is 0. The molecule has 1 nitrogen and oxygen atoms in total. The molecule has 0 fully saturated rings. The number of hydrogen-bond acceptors (Lipinski definition) is 3. The van der Waals surface area contributed by atoms with E-state index in [1.54, 1.807) is 5.55 Å². The highest BCUT2D eigenvalue weighted by Gasteiger charge is 2.14. The van der Waals surface area contributed by atoms with Crippen LogP contribution in [0.15, 0.2) is 28.1 Å². The van der Waals surface area contributed by atoms with Crippen molar-refractivity contribution in [2.45, 2.75) is 11.8 Å². The van der Waals surface area contributed by atoms with Crippen LogP contribution in [0.2, 0.25) is 0 Å². The van der Waals surface area contributed by atoms with Gasteiger partial charge in [-0.25, -0.2) is 4.99 Å². The van der Waals surface area contributed by atoms with Crippen LogP contribution in [0.1, 0.15) is 5.56 Å². The zero-order valence-electron chi connectivity index (χ0n) is 6.48. The molecule has 2 rings (SSSR count). The minimum Gasteiger partial charge on any atom is -0.248 e. The fraction of sp³-hybridized carbons (Fsp3) is 0.125. The molecule has 0 spiro atoms. The molecule has 0 radical (unpaired) electrons. The quantitative estimate of drug-likeness (QED) is 0.654. The van der Waals surface area contributed by atoms with Crippen LogP contribution in [0.25, 0.3) is 0 Å². The summed E-state index contributed by atoms with van der Waals surface area (Å²) in [6.07, 6.45) is 0. The summed E-state index contributed by atoms with van der Waals surface area (Å²) < 4.78 is 0. The Labute approximate surface area is 81.3 Å². The van der Waals surface area contributed by atoms with Crippen molar-refractivity contribution in [3.8, 4) is 0 Å². The van der Waals surface area contributed by atoms with Gasteiger partial charge in [-0.2, -0.15) is 0 Å². The van der Waals surface area contributed by atoms with Gasteiger partial charge < -0.3 is 0 Å². The molecule has 0 saturated heterocycles. The van der Waals surface area contributed by atoms with E-state index in [0.717, 1.165) is 10.6 Å². The zero-order chi connectivity index (χ0) is 8.77. The lowest BCUT2D eigenvalue weighted by Crippen LogP contribution is -1.91. The largest absolute Gasteiger partial charge is 0.248 e. The summed E-state index contributed by atoms with van der Waals surface area (Å²) in [5.74, 6) is 0. The Morgan fingerprint density at radius 3 is 2.83 bits per heavy atom. The van der Waals surface area contributed by atoms with E-state index >= 15 is 0 Å². The average molecular weight is 213 g/mol. The highest BCUT2D eigenvalue weighted by Crippen LogP contribution is 2.30. The Hall–Kier alpha value is -0.320. The van der Waals surface area contributed by atoms with Crippen molar-refractivity contribution in [1.29, 1.82) is 0 Å². The number of hydrogen-bond donors (Lipinski definition) is 0. The van der Waals surface area contributed by atoms with Crippen molar-refractivity contribution >= 4 is 40.8 Å². The van der Waals surface area contributed by atoms with Gasteiger partial charge in [-0.15, -0.1) is 0 Å². The van der Waals surface area contributed by atoms with Gasteiger partial charge in [0.25, 0.3) is 0 Å². The zero-order valence-corrected chi connectivity index (χ0v) is 8.93. The van der Waals surface area contributed by atoms with Gasteiger partial charge in [0.15, 0.2) is 0 Å². The van der Waals surface area contributed by atoms with Crippen molar-refractivity contribution in [2.24, 2.45) is 4.99 Å². The van der Waals surface area contributed by atoms with Gasteiger partial charge in [0.05, 0.1) is 11.2 Å². The molecule has 4 heteroatoms. The van der Waals surface area contributed by atoms with Crippen LogP contribution >= 0.6 is 0 Å². The lowest BCUT2D eigenvalue weighted by atomic mass is 10.2. The lowest BCUT2D eigenvalue weighted by molar-refractivity contribution is 1.35. The van der Waals surface area contributed by atoms with Crippen molar-refractivity contribution in [1.82, 2.24) is 0 Å². The van der Waals surface area contributed by atoms with Gasteiger partial charge in [0.1, 0.15) is 0 Å². The molecule has 0 amide bonds. The molecule has 1 heterocycles. The van der Waals surface area contributed by atoms with Crippen LogP contribution < -0.4 is 0 Å². The van der Waals surface area contributed by atoms with Crippen LogP contribution in [0, 0.1) is 6.92 Å². The second-order valence-electron chi connectivity index (χ2n) is 2.75. The monoisotopic (exact) mass is 213 g/mol. The summed E-state index contributed by atoms with van der Waals surface area (Å²) in [5.41, 5.74) is 3.91. The summed E-state index contributed by atoms with van der Waals surface area (Å²) in [7, 11) is -1.55. The smallest absolute Gasteiger partial charge is 0.0784 e. The average Bonchev–Trinajstić information content (AvgIpc) is 2.27. The van der Waals surface area contributed by atoms with E-state index < -0.39 is 7.15 Å². The van der Waals surface area contributed by atoms with Crippen LogP contribution in [0.4, 0.5) is 5.69 Å². The maximum absolute atomic E-state index is 5.26. The van der Waals surface area contributed by atoms with E-state index in [0.29, 0.717) is 0 Å². The van der Waals surface area contributed by atoms with E-state index in [-0.39, 0.29) is 0 Å².